The Kier molecular flexibility index (Phi) is 2.81. The number of likely N-dealkylation sites (tertiary alicyclic amines) is 1. The second-order valence-electron chi connectivity index (χ2n) is 4.71. The van der Waals surface area contributed by atoms with Crippen LogP contribution in [0.25, 0.3) is 11.2 Å². The van der Waals surface area contributed by atoms with E-state index in [1.807, 2.05) is 12.1 Å². The van der Waals surface area contributed by atoms with E-state index in [1.54, 1.807) is 6.20 Å². The molecule has 1 aliphatic heterocycles. The first-order valence-corrected chi connectivity index (χ1v) is 6.40. The number of nitrogens with zero attached hydrogens (tertiary/aromatic N) is 3. The van der Waals surface area contributed by atoms with Crippen molar-refractivity contribution in [2.45, 2.75) is 25.7 Å². The number of aromatic amines is 1. The maximum Gasteiger partial charge on any atom is 0.177 e. The van der Waals surface area contributed by atoms with E-state index >= 15 is 0 Å². The van der Waals surface area contributed by atoms with E-state index in [1.165, 1.54) is 25.9 Å². The van der Waals surface area contributed by atoms with Gasteiger partial charge in [-0.25, -0.2) is 9.97 Å². The lowest BCUT2D eigenvalue weighted by molar-refractivity contribution is 0.219. The third kappa shape index (κ3) is 2.05. The lowest BCUT2D eigenvalue weighted by Gasteiger charge is -2.29. The summed E-state index contributed by atoms with van der Waals surface area (Å²) in [5.41, 5.74) is 1.90. The first kappa shape index (κ1) is 10.7. The number of aromatic nitrogens is 3. The molecule has 0 amide bonds. The van der Waals surface area contributed by atoms with Crippen LogP contribution in [-0.4, -0.2) is 39.5 Å². The van der Waals surface area contributed by atoms with Crippen molar-refractivity contribution in [3.63, 3.8) is 0 Å². The molecule has 0 unspecified atom stereocenters. The number of H-pyrrole nitrogens is 1. The minimum Gasteiger partial charge on any atom is -0.340 e. The zero-order valence-corrected chi connectivity index (χ0v) is 10.2. The fourth-order valence-corrected chi connectivity index (χ4v) is 2.58. The Morgan fingerprint density at radius 3 is 2.94 bits per heavy atom. The molecule has 0 bridgehead atoms. The number of fused-ring (bicyclic) bond motifs is 1. The predicted molar refractivity (Wildman–Crippen MR) is 68.0 cm³/mol. The molecule has 2 aromatic rings. The van der Waals surface area contributed by atoms with E-state index in [2.05, 4.69) is 26.8 Å². The lowest BCUT2D eigenvalue weighted by Crippen LogP contribution is -2.32. The summed E-state index contributed by atoms with van der Waals surface area (Å²) >= 11 is 0. The fraction of sp³-hybridized carbons (Fsp3) is 0.538. The van der Waals surface area contributed by atoms with E-state index in [0.29, 0.717) is 5.92 Å². The van der Waals surface area contributed by atoms with Gasteiger partial charge in [-0.15, -0.1) is 0 Å². The van der Waals surface area contributed by atoms with Crippen molar-refractivity contribution in [3.05, 3.63) is 24.2 Å². The topological polar surface area (TPSA) is 44.8 Å². The second-order valence-corrected chi connectivity index (χ2v) is 4.71. The van der Waals surface area contributed by atoms with Gasteiger partial charge in [-0.3, -0.25) is 0 Å². The lowest BCUT2D eigenvalue weighted by atomic mass is 9.96. The number of imidazole rings is 1. The summed E-state index contributed by atoms with van der Waals surface area (Å²) in [6, 6.07) is 3.99. The van der Waals surface area contributed by atoms with Gasteiger partial charge in [0.25, 0.3) is 0 Å². The fourth-order valence-electron chi connectivity index (χ4n) is 2.58. The highest BCUT2D eigenvalue weighted by Crippen LogP contribution is 2.26. The Morgan fingerprint density at radius 2 is 2.24 bits per heavy atom. The van der Waals surface area contributed by atoms with Gasteiger partial charge in [0.2, 0.25) is 0 Å². The van der Waals surface area contributed by atoms with Crippen molar-refractivity contribution < 1.29 is 0 Å². The predicted octanol–water partition coefficient (Wildman–Crippen LogP) is 2.16. The summed E-state index contributed by atoms with van der Waals surface area (Å²) in [4.78, 5) is 14.8. The third-order valence-corrected chi connectivity index (χ3v) is 3.70. The van der Waals surface area contributed by atoms with Gasteiger partial charge in [0.15, 0.2) is 5.65 Å². The van der Waals surface area contributed by atoms with Crippen LogP contribution >= 0.6 is 0 Å². The van der Waals surface area contributed by atoms with Gasteiger partial charge in [0.05, 0.1) is 5.52 Å². The van der Waals surface area contributed by atoms with Crippen molar-refractivity contribution in [2.24, 2.45) is 0 Å². The molecule has 90 valence electrons. The Hall–Kier alpha value is -1.42. The molecule has 1 fully saturated rings. The Balaban J connectivity index is 1.80. The highest BCUT2D eigenvalue weighted by molar-refractivity contribution is 5.70. The smallest absolute Gasteiger partial charge is 0.177 e. The van der Waals surface area contributed by atoms with E-state index in [9.17, 15) is 0 Å². The van der Waals surface area contributed by atoms with Gasteiger partial charge in [-0.1, -0.05) is 6.92 Å². The van der Waals surface area contributed by atoms with Gasteiger partial charge in [0.1, 0.15) is 5.82 Å². The molecule has 3 heterocycles. The molecule has 0 saturated carbocycles. The minimum absolute atomic E-state index is 0.576. The average Bonchev–Trinajstić information content (AvgIpc) is 2.82. The van der Waals surface area contributed by atoms with E-state index < -0.39 is 0 Å². The van der Waals surface area contributed by atoms with Crippen molar-refractivity contribution in [1.82, 2.24) is 19.9 Å². The van der Waals surface area contributed by atoms with Crippen LogP contribution in [0, 0.1) is 0 Å². The standard InChI is InChI=1S/C13H18N4/c1-2-17-8-5-10(6-9-17)12-15-11-4-3-7-14-13(11)16-12/h3-4,7,10H,2,5-6,8-9H2,1H3,(H,14,15,16). The van der Waals surface area contributed by atoms with Crippen molar-refractivity contribution in [1.29, 1.82) is 0 Å². The summed E-state index contributed by atoms with van der Waals surface area (Å²) in [5.74, 6) is 1.70. The molecule has 1 N–H and O–H groups in total. The normalized spacial score (nSPS) is 18.9. The van der Waals surface area contributed by atoms with Crippen LogP contribution in [0.3, 0.4) is 0 Å². The summed E-state index contributed by atoms with van der Waals surface area (Å²) in [6.45, 7) is 5.76. The molecular formula is C13H18N4. The molecule has 0 aromatic carbocycles. The second kappa shape index (κ2) is 4.45. The summed E-state index contributed by atoms with van der Waals surface area (Å²) < 4.78 is 0. The first-order chi connectivity index (χ1) is 8.36. The molecule has 4 nitrogen and oxygen atoms in total. The summed E-state index contributed by atoms with van der Waals surface area (Å²) in [5, 5.41) is 0. The molecule has 1 aliphatic rings. The number of hydrogen-bond acceptors (Lipinski definition) is 3. The third-order valence-electron chi connectivity index (χ3n) is 3.70. The average molecular weight is 230 g/mol. The Labute approximate surface area is 101 Å². The quantitative estimate of drug-likeness (QED) is 0.859. The highest BCUT2D eigenvalue weighted by atomic mass is 15.1. The number of rotatable bonds is 2. The van der Waals surface area contributed by atoms with Crippen LogP contribution in [0.2, 0.25) is 0 Å². The first-order valence-electron chi connectivity index (χ1n) is 6.40. The van der Waals surface area contributed by atoms with Gasteiger partial charge in [-0.05, 0) is 44.6 Å². The minimum atomic E-state index is 0.576. The van der Waals surface area contributed by atoms with Crippen molar-refractivity contribution in [2.75, 3.05) is 19.6 Å². The summed E-state index contributed by atoms with van der Waals surface area (Å²) in [6.07, 6.45) is 4.20. The molecule has 2 aromatic heterocycles. The highest BCUT2D eigenvalue weighted by Gasteiger charge is 2.22. The molecule has 17 heavy (non-hydrogen) atoms. The van der Waals surface area contributed by atoms with Crippen LogP contribution in [0.15, 0.2) is 18.3 Å². The van der Waals surface area contributed by atoms with Gasteiger partial charge < -0.3 is 9.88 Å². The molecule has 0 aliphatic carbocycles. The van der Waals surface area contributed by atoms with E-state index in [0.717, 1.165) is 23.5 Å². The van der Waals surface area contributed by atoms with E-state index in [-0.39, 0.29) is 0 Å². The molecule has 1 saturated heterocycles. The number of pyridine rings is 1. The van der Waals surface area contributed by atoms with Gasteiger partial charge >= 0.3 is 0 Å². The van der Waals surface area contributed by atoms with Crippen LogP contribution in [0.5, 0.6) is 0 Å². The SMILES string of the molecule is CCN1CCC(c2nc3ncccc3[nH]2)CC1. The zero-order valence-electron chi connectivity index (χ0n) is 10.2. The number of hydrogen-bond donors (Lipinski definition) is 1. The Bertz CT molecular complexity index is 464. The molecule has 3 rings (SSSR count). The van der Waals surface area contributed by atoms with E-state index in [4.69, 9.17) is 0 Å². The maximum atomic E-state index is 4.60. The number of nitrogens with one attached hydrogen (secondary N) is 1. The number of piperidine rings is 1. The van der Waals surface area contributed by atoms with Crippen LogP contribution < -0.4 is 0 Å². The monoisotopic (exact) mass is 230 g/mol. The molecular weight excluding hydrogens is 212 g/mol. The molecule has 0 spiro atoms. The van der Waals surface area contributed by atoms with Crippen molar-refractivity contribution >= 4 is 11.2 Å². The molecule has 0 atom stereocenters. The maximum absolute atomic E-state index is 4.60. The van der Waals surface area contributed by atoms with Crippen molar-refractivity contribution in [3.8, 4) is 0 Å². The largest absolute Gasteiger partial charge is 0.340 e. The van der Waals surface area contributed by atoms with Gasteiger partial charge in [-0.2, -0.15) is 0 Å². The summed E-state index contributed by atoms with van der Waals surface area (Å²) in [7, 11) is 0. The molecule has 0 radical (unpaired) electrons. The Morgan fingerprint density at radius 1 is 1.41 bits per heavy atom. The van der Waals surface area contributed by atoms with Crippen LogP contribution in [0.4, 0.5) is 0 Å². The van der Waals surface area contributed by atoms with Gasteiger partial charge in [0, 0.05) is 12.1 Å². The van der Waals surface area contributed by atoms with Crippen LogP contribution in [-0.2, 0) is 0 Å². The zero-order chi connectivity index (χ0) is 11.7. The van der Waals surface area contributed by atoms with Crippen LogP contribution in [0.1, 0.15) is 31.5 Å². The molecule has 4 heteroatoms.